The number of benzene rings is 2. The van der Waals surface area contributed by atoms with Gasteiger partial charge in [0.2, 0.25) is 5.91 Å². The van der Waals surface area contributed by atoms with Crippen LogP contribution in [0.25, 0.3) is 0 Å². The summed E-state index contributed by atoms with van der Waals surface area (Å²) in [5, 5.41) is 9.36. The first-order chi connectivity index (χ1) is 11.6. The summed E-state index contributed by atoms with van der Waals surface area (Å²) in [4.78, 5) is 13.6. The molecule has 0 atom stereocenters. The number of amides is 1. The predicted octanol–water partition coefficient (Wildman–Crippen LogP) is 3.94. The molecule has 4 nitrogen and oxygen atoms in total. The van der Waals surface area contributed by atoms with Gasteiger partial charge in [0.1, 0.15) is 5.82 Å². The number of amidine groups is 1. The van der Waals surface area contributed by atoms with Crippen molar-refractivity contribution in [3.8, 4) is 0 Å². The van der Waals surface area contributed by atoms with E-state index in [9.17, 15) is 9.18 Å². The third kappa shape index (κ3) is 4.21. The fourth-order valence-corrected chi connectivity index (χ4v) is 3.06. The largest absolute Gasteiger partial charge is 0.285 e. The number of hydrogen-bond donors (Lipinski definition) is 0. The third-order valence-corrected chi connectivity index (χ3v) is 4.53. The van der Waals surface area contributed by atoms with E-state index in [1.807, 2.05) is 12.1 Å². The monoisotopic (exact) mass is 361 g/mol. The number of carbonyl (C=O) groups excluding carboxylic acids is 1. The molecule has 0 unspecified atom stereocenters. The SMILES string of the molecule is O=C1CS/C(=N\N=C/c2ccc(Cl)cc2)N1Cc1ccc(F)cc1. The van der Waals surface area contributed by atoms with Crippen LogP contribution < -0.4 is 0 Å². The first-order valence-electron chi connectivity index (χ1n) is 7.16. The fourth-order valence-electron chi connectivity index (χ4n) is 2.09. The van der Waals surface area contributed by atoms with Crippen molar-refractivity contribution in [3.63, 3.8) is 0 Å². The minimum absolute atomic E-state index is 0.0373. The molecule has 24 heavy (non-hydrogen) atoms. The lowest BCUT2D eigenvalue weighted by Crippen LogP contribution is -2.28. The van der Waals surface area contributed by atoms with Gasteiger partial charge in [-0.3, -0.25) is 9.69 Å². The normalized spacial score (nSPS) is 16.5. The Labute approximate surface area is 148 Å². The van der Waals surface area contributed by atoms with Crippen molar-refractivity contribution in [2.24, 2.45) is 10.2 Å². The predicted molar refractivity (Wildman–Crippen MR) is 95.9 cm³/mol. The van der Waals surface area contributed by atoms with Crippen molar-refractivity contribution >= 4 is 40.7 Å². The molecule has 0 spiro atoms. The van der Waals surface area contributed by atoms with E-state index in [0.29, 0.717) is 22.5 Å². The van der Waals surface area contributed by atoms with Crippen LogP contribution in [0.4, 0.5) is 4.39 Å². The number of thioether (sulfide) groups is 1. The van der Waals surface area contributed by atoms with Crippen LogP contribution in [0.1, 0.15) is 11.1 Å². The van der Waals surface area contributed by atoms with Crippen molar-refractivity contribution < 1.29 is 9.18 Å². The molecule has 0 saturated carbocycles. The van der Waals surface area contributed by atoms with Crippen molar-refractivity contribution in [2.45, 2.75) is 6.54 Å². The van der Waals surface area contributed by atoms with Crippen molar-refractivity contribution in [1.29, 1.82) is 0 Å². The van der Waals surface area contributed by atoms with Crippen LogP contribution in [0.2, 0.25) is 5.02 Å². The maximum atomic E-state index is 13.0. The number of rotatable bonds is 4. The van der Waals surface area contributed by atoms with E-state index in [2.05, 4.69) is 10.2 Å². The Kier molecular flexibility index (Phi) is 5.27. The second-order valence-electron chi connectivity index (χ2n) is 5.07. The summed E-state index contributed by atoms with van der Waals surface area (Å²) in [6, 6.07) is 13.2. The van der Waals surface area contributed by atoms with Crippen molar-refractivity contribution in [2.75, 3.05) is 5.75 Å². The molecule has 2 aromatic rings. The van der Waals surface area contributed by atoms with Crippen LogP contribution in [0.15, 0.2) is 58.7 Å². The second-order valence-corrected chi connectivity index (χ2v) is 6.45. The molecule has 1 fully saturated rings. The molecule has 0 bridgehead atoms. The highest BCUT2D eigenvalue weighted by Gasteiger charge is 2.28. The van der Waals surface area contributed by atoms with Crippen LogP contribution in [-0.4, -0.2) is 27.9 Å². The molecule has 0 radical (unpaired) electrons. The van der Waals surface area contributed by atoms with Gasteiger partial charge in [0.15, 0.2) is 5.17 Å². The molecule has 1 saturated heterocycles. The minimum Gasteiger partial charge on any atom is -0.285 e. The van der Waals surface area contributed by atoms with Gasteiger partial charge < -0.3 is 0 Å². The maximum absolute atomic E-state index is 13.0. The second kappa shape index (κ2) is 7.59. The smallest absolute Gasteiger partial charge is 0.239 e. The van der Waals surface area contributed by atoms with E-state index >= 15 is 0 Å². The lowest BCUT2D eigenvalue weighted by atomic mass is 10.2. The number of hydrogen-bond acceptors (Lipinski definition) is 4. The Hall–Kier alpha value is -2.18. The summed E-state index contributed by atoms with van der Waals surface area (Å²) in [5.74, 6) is -0.0108. The quantitative estimate of drug-likeness (QED) is 0.611. The Bertz CT molecular complexity index is 790. The van der Waals surface area contributed by atoms with Gasteiger partial charge in [-0.1, -0.05) is 47.6 Å². The molecule has 1 amide bonds. The van der Waals surface area contributed by atoms with E-state index in [-0.39, 0.29) is 11.7 Å². The minimum atomic E-state index is -0.303. The molecule has 0 N–H and O–H groups in total. The maximum Gasteiger partial charge on any atom is 0.239 e. The van der Waals surface area contributed by atoms with E-state index in [4.69, 9.17) is 11.6 Å². The first-order valence-corrected chi connectivity index (χ1v) is 8.52. The highest BCUT2D eigenvalue weighted by Crippen LogP contribution is 2.22. The highest BCUT2D eigenvalue weighted by molar-refractivity contribution is 8.15. The summed E-state index contributed by atoms with van der Waals surface area (Å²) in [6.07, 6.45) is 1.60. The molecule has 0 aliphatic carbocycles. The average molecular weight is 362 g/mol. The van der Waals surface area contributed by atoms with E-state index in [0.717, 1.165) is 11.1 Å². The summed E-state index contributed by atoms with van der Waals surface area (Å²) in [7, 11) is 0. The lowest BCUT2D eigenvalue weighted by Gasteiger charge is -2.15. The molecular weight excluding hydrogens is 349 g/mol. The van der Waals surface area contributed by atoms with Crippen molar-refractivity contribution in [3.05, 3.63) is 70.5 Å². The Morgan fingerprint density at radius 3 is 2.58 bits per heavy atom. The fraction of sp³-hybridized carbons (Fsp3) is 0.118. The zero-order chi connectivity index (χ0) is 16.9. The topological polar surface area (TPSA) is 45.0 Å². The van der Waals surface area contributed by atoms with E-state index < -0.39 is 0 Å². The van der Waals surface area contributed by atoms with Crippen LogP contribution >= 0.6 is 23.4 Å². The van der Waals surface area contributed by atoms with Gasteiger partial charge in [-0.25, -0.2) is 4.39 Å². The van der Waals surface area contributed by atoms with Crippen LogP contribution in [0.3, 0.4) is 0 Å². The first kappa shape index (κ1) is 16.7. The van der Waals surface area contributed by atoms with Gasteiger partial charge in [-0.2, -0.15) is 5.10 Å². The van der Waals surface area contributed by atoms with Gasteiger partial charge in [-0.15, -0.1) is 5.10 Å². The Balaban J connectivity index is 1.72. The Morgan fingerprint density at radius 1 is 1.17 bits per heavy atom. The van der Waals surface area contributed by atoms with E-state index in [1.165, 1.54) is 23.9 Å². The number of carbonyl (C=O) groups is 1. The lowest BCUT2D eigenvalue weighted by molar-refractivity contribution is -0.124. The van der Waals surface area contributed by atoms with Gasteiger partial charge in [-0.05, 0) is 35.4 Å². The van der Waals surface area contributed by atoms with Gasteiger partial charge in [0.25, 0.3) is 0 Å². The molecule has 1 aliphatic heterocycles. The summed E-state index contributed by atoms with van der Waals surface area (Å²) in [5.41, 5.74) is 1.70. The molecule has 3 rings (SSSR count). The Morgan fingerprint density at radius 2 is 1.88 bits per heavy atom. The van der Waals surface area contributed by atoms with E-state index in [1.54, 1.807) is 35.4 Å². The molecule has 1 aliphatic rings. The van der Waals surface area contributed by atoms with Crippen LogP contribution in [0, 0.1) is 5.82 Å². The highest BCUT2D eigenvalue weighted by atomic mass is 35.5. The number of nitrogens with zero attached hydrogens (tertiary/aromatic N) is 3. The molecule has 7 heteroatoms. The zero-order valence-corrected chi connectivity index (χ0v) is 14.1. The summed E-state index contributed by atoms with van der Waals surface area (Å²) in [6.45, 7) is 0.349. The molecule has 1 heterocycles. The van der Waals surface area contributed by atoms with Crippen LogP contribution in [0.5, 0.6) is 0 Å². The van der Waals surface area contributed by atoms with Crippen molar-refractivity contribution in [1.82, 2.24) is 4.90 Å². The molecule has 0 aromatic heterocycles. The summed E-state index contributed by atoms with van der Waals surface area (Å²) >= 11 is 7.16. The third-order valence-electron chi connectivity index (χ3n) is 3.33. The van der Waals surface area contributed by atoms with Gasteiger partial charge in [0.05, 0.1) is 18.5 Å². The molecule has 2 aromatic carbocycles. The van der Waals surface area contributed by atoms with Crippen LogP contribution in [-0.2, 0) is 11.3 Å². The standard InChI is InChI=1S/C17H13ClFN3OS/c18-14-5-1-12(2-6-14)9-20-21-17-22(16(23)11-24-17)10-13-3-7-15(19)8-4-13/h1-9H,10-11H2/b20-9-,21-17-. The zero-order valence-electron chi connectivity index (χ0n) is 12.5. The molecule has 122 valence electrons. The number of halogens is 2. The molecular formula is C17H13ClFN3OS. The summed E-state index contributed by atoms with van der Waals surface area (Å²) < 4.78 is 13.0. The average Bonchev–Trinajstić information content (AvgIpc) is 2.92. The van der Waals surface area contributed by atoms with Gasteiger partial charge in [0, 0.05) is 5.02 Å². The van der Waals surface area contributed by atoms with Gasteiger partial charge >= 0.3 is 0 Å².